The number of benzene rings is 2. The molecule has 2 aromatic carbocycles. The van der Waals surface area contributed by atoms with Crippen molar-refractivity contribution >= 4 is 27.5 Å². The van der Waals surface area contributed by atoms with Crippen molar-refractivity contribution in [1.82, 2.24) is 25.1 Å². The van der Waals surface area contributed by atoms with Crippen LogP contribution >= 0.6 is 15.9 Å². The Balaban J connectivity index is 1.39. The lowest BCUT2D eigenvalue weighted by Crippen LogP contribution is -2.28. The molecule has 0 radical (unpaired) electrons. The third kappa shape index (κ3) is 4.40. The summed E-state index contributed by atoms with van der Waals surface area (Å²) in [5, 5.41) is 15.3. The summed E-state index contributed by atoms with van der Waals surface area (Å²) in [6.07, 6.45) is 0. The lowest BCUT2D eigenvalue weighted by atomic mass is 10.2. The molecule has 1 amide bonds. The first-order chi connectivity index (χ1) is 14.1. The number of halogens is 2. The molecule has 1 N–H and O–H groups in total. The average molecular weight is 456 g/mol. The van der Waals surface area contributed by atoms with Gasteiger partial charge in [0.2, 0.25) is 5.88 Å². The van der Waals surface area contributed by atoms with Gasteiger partial charge < -0.3 is 10.1 Å². The molecule has 0 unspecified atom stereocenters. The summed E-state index contributed by atoms with van der Waals surface area (Å²) in [6.45, 7) is 0.566. The lowest BCUT2D eigenvalue weighted by Gasteiger charge is -2.08. The van der Waals surface area contributed by atoms with Gasteiger partial charge in [-0.2, -0.15) is 4.52 Å². The molecule has 4 aromatic rings. The van der Waals surface area contributed by atoms with E-state index in [4.69, 9.17) is 4.74 Å². The number of rotatable bonds is 6. The van der Waals surface area contributed by atoms with Crippen LogP contribution in [0.2, 0.25) is 0 Å². The Morgan fingerprint density at radius 2 is 1.79 bits per heavy atom. The largest absolute Gasteiger partial charge is 0.475 e. The molecule has 2 aromatic heterocycles. The summed E-state index contributed by atoms with van der Waals surface area (Å²) in [5.41, 5.74) is 1.80. The number of hydrogen-bond acceptors (Lipinski definition) is 5. The van der Waals surface area contributed by atoms with E-state index >= 15 is 0 Å². The van der Waals surface area contributed by atoms with E-state index < -0.39 is 0 Å². The normalized spacial score (nSPS) is 10.8. The summed E-state index contributed by atoms with van der Waals surface area (Å²) in [4.78, 5) is 12.1. The Morgan fingerprint density at radius 1 is 1.03 bits per heavy atom. The molecule has 0 atom stereocenters. The molecule has 9 heteroatoms. The number of nitrogens with zero attached hydrogens (tertiary/aromatic N) is 4. The molecule has 0 aliphatic heterocycles. The van der Waals surface area contributed by atoms with Crippen LogP contribution in [0.1, 0.15) is 10.4 Å². The Bertz CT molecular complexity index is 1150. The lowest BCUT2D eigenvalue weighted by molar-refractivity contribution is 0.0946. The van der Waals surface area contributed by atoms with Gasteiger partial charge in [0.1, 0.15) is 12.4 Å². The van der Waals surface area contributed by atoms with Crippen molar-refractivity contribution in [3.05, 3.63) is 76.5 Å². The zero-order chi connectivity index (χ0) is 20.2. The smallest absolute Gasteiger partial charge is 0.251 e. The van der Waals surface area contributed by atoms with E-state index in [1.165, 1.54) is 16.6 Å². The van der Waals surface area contributed by atoms with Crippen molar-refractivity contribution < 1.29 is 13.9 Å². The van der Waals surface area contributed by atoms with Crippen molar-refractivity contribution in [2.24, 2.45) is 0 Å². The van der Waals surface area contributed by atoms with Gasteiger partial charge in [0.15, 0.2) is 11.5 Å². The maximum Gasteiger partial charge on any atom is 0.251 e. The van der Waals surface area contributed by atoms with Crippen LogP contribution in [0.5, 0.6) is 5.88 Å². The van der Waals surface area contributed by atoms with E-state index in [1.54, 1.807) is 36.4 Å². The Hall–Kier alpha value is -3.33. The van der Waals surface area contributed by atoms with Gasteiger partial charge in [-0.15, -0.1) is 15.3 Å². The van der Waals surface area contributed by atoms with Gasteiger partial charge in [0, 0.05) is 21.7 Å². The number of carbonyl (C=O) groups excluding carboxylic acids is 1. The maximum absolute atomic E-state index is 13.2. The van der Waals surface area contributed by atoms with E-state index in [2.05, 4.69) is 36.5 Å². The van der Waals surface area contributed by atoms with Crippen molar-refractivity contribution in [1.29, 1.82) is 0 Å². The van der Waals surface area contributed by atoms with E-state index in [-0.39, 0.29) is 18.3 Å². The Morgan fingerprint density at radius 3 is 2.55 bits per heavy atom. The maximum atomic E-state index is 13.2. The molecule has 0 bridgehead atoms. The van der Waals surface area contributed by atoms with Gasteiger partial charge in [0.05, 0.1) is 6.54 Å². The first-order valence-electron chi connectivity index (χ1n) is 8.75. The first-order valence-corrected chi connectivity index (χ1v) is 9.54. The van der Waals surface area contributed by atoms with Crippen LogP contribution < -0.4 is 10.1 Å². The molecule has 0 spiro atoms. The molecule has 146 valence electrons. The van der Waals surface area contributed by atoms with Crippen molar-refractivity contribution in [2.45, 2.75) is 0 Å². The van der Waals surface area contributed by atoms with Crippen molar-refractivity contribution in [3.8, 4) is 17.3 Å². The predicted molar refractivity (Wildman–Crippen MR) is 108 cm³/mol. The van der Waals surface area contributed by atoms with E-state index in [1.807, 2.05) is 12.1 Å². The molecular formula is C20H15BrFN5O2. The minimum absolute atomic E-state index is 0.179. The van der Waals surface area contributed by atoms with E-state index in [0.717, 1.165) is 4.47 Å². The summed E-state index contributed by atoms with van der Waals surface area (Å²) in [5.74, 6) is 0.333. The third-order valence-electron chi connectivity index (χ3n) is 4.08. The second-order valence-electron chi connectivity index (χ2n) is 6.08. The van der Waals surface area contributed by atoms with Crippen LogP contribution in [0.3, 0.4) is 0 Å². The van der Waals surface area contributed by atoms with Crippen LogP contribution in [0, 0.1) is 5.82 Å². The molecule has 0 aliphatic rings. The Kier molecular flexibility index (Phi) is 5.48. The van der Waals surface area contributed by atoms with Gasteiger partial charge >= 0.3 is 0 Å². The second kappa shape index (κ2) is 8.36. The quantitative estimate of drug-likeness (QED) is 0.450. The fraction of sp³-hybridized carbons (Fsp3) is 0.100. The molecule has 0 fully saturated rings. The number of ether oxygens (including phenoxy) is 1. The standard InChI is InChI=1S/C20H15BrFN5O2/c21-15-5-1-14(2-6-15)20(28)23-11-12-29-18-10-9-17-24-25-19(27(17)26-18)13-3-7-16(22)8-4-13/h1-10H,11-12H2,(H,23,28). The monoisotopic (exact) mass is 455 g/mol. The van der Waals surface area contributed by atoms with Crippen LogP contribution in [0.4, 0.5) is 4.39 Å². The molecular weight excluding hydrogens is 441 g/mol. The zero-order valence-corrected chi connectivity index (χ0v) is 16.6. The van der Waals surface area contributed by atoms with Gasteiger partial charge in [-0.1, -0.05) is 15.9 Å². The minimum Gasteiger partial charge on any atom is -0.475 e. The third-order valence-corrected chi connectivity index (χ3v) is 4.61. The van der Waals surface area contributed by atoms with Crippen LogP contribution in [0.15, 0.2) is 65.1 Å². The highest BCUT2D eigenvalue weighted by Gasteiger charge is 2.11. The molecule has 4 rings (SSSR count). The molecule has 7 nitrogen and oxygen atoms in total. The highest BCUT2D eigenvalue weighted by Crippen LogP contribution is 2.19. The summed E-state index contributed by atoms with van der Waals surface area (Å²) in [6, 6.07) is 16.4. The van der Waals surface area contributed by atoms with Crippen LogP contribution in [0.25, 0.3) is 17.0 Å². The number of hydrogen-bond donors (Lipinski definition) is 1. The molecule has 0 saturated heterocycles. The van der Waals surface area contributed by atoms with Gasteiger partial charge in [-0.3, -0.25) is 4.79 Å². The SMILES string of the molecule is O=C(NCCOc1ccc2nnc(-c3ccc(F)cc3)n2n1)c1ccc(Br)cc1. The van der Waals surface area contributed by atoms with Crippen LogP contribution in [-0.2, 0) is 0 Å². The molecule has 2 heterocycles. The van der Waals surface area contributed by atoms with Crippen molar-refractivity contribution in [3.63, 3.8) is 0 Å². The number of fused-ring (bicyclic) bond motifs is 1. The fourth-order valence-electron chi connectivity index (χ4n) is 2.65. The highest BCUT2D eigenvalue weighted by molar-refractivity contribution is 9.10. The first kappa shape index (κ1) is 19.0. The summed E-state index contributed by atoms with van der Waals surface area (Å²) in [7, 11) is 0. The number of carbonyl (C=O) groups is 1. The topological polar surface area (TPSA) is 81.4 Å². The van der Waals surface area contributed by atoms with E-state index in [9.17, 15) is 9.18 Å². The van der Waals surface area contributed by atoms with Gasteiger partial charge in [0.25, 0.3) is 5.91 Å². The van der Waals surface area contributed by atoms with E-state index in [0.29, 0.717) is 35.0 Å². The van der Waals surface area contributed by atoms with Gasteiger partial charge in [-0.05, 0) is 54.6 Å². The molecule has 29 heavy (non-hydrogen) atoms. The van der Waals surface area contributed by atoms with Crippen molar-refractivity contribution in [2.75, 3.05) is 13.2 Å². The predicted octanol–water partition coefficient (Wildman–Crippen LogP) is 3.50. The fourth-order valence-corrected chi connectivity index (χ4v) is 2.92. The minimum atomic E-state index is -0.329. The highest BCUT2D eigenvalue weighted by atomic mass is 79.9. The zero-order valence-electron chi connectivity index (χ0n) is 15.0. The van der Waals surface area contributed by atoms with Crippen LogP contribution in [-0.4, -0.2) is 38.9 Å². The number of nitrogens with one attached hydrogen (secondary N) is 1. The number of aromatic nitrogens is 4. The second-order valence-corrected chi connectivity index (χ2v) is 7.00. The van der Waals surface area contributed by atoms with Gasteiger partial charge in [-0.25, -0.2) is 4.39 Å². The number of amides is 1. The average Bonchev–Trinajstić information content (AvgIpc) is 3.15. The molecule has 0 saturated carbocycles. The summed E-state index contributed by atoms with van der Waals surface area (Å²) < 4.78 is 21.2. The molecule has 0 aliphatic carbocycles. The Labute approximate surface area is 173 Å². The summed E-state index contributed by atoms with van der Waals surface area (Å²) >= 11 is 3.34.